The molecule has 0 saturated heterocycles. The van der Waals surface area contributed by atoms with Gasteiger partial charge in [-0.2, -0.15) is 0 Å². The molecule has 4 heteroatoms. The molecule has 0 radical (unpaired) electrons. The largest absolute Gasteiger partial charge is 0.472 e. The highest BCUT2D eigenvalue weighted by atomic mass is 16.3. The van der Waals surface area contributed by atoms with Crippen molar-refractivity contribution >= 4 is 11.6 Å². The smallest absolute Gasteiger partial charge is 0.251 e. The summed E-state index contributed by atoms with van der Waals surface area (Å²) in [5.74, 6) is 0.258. The van der Waals surface area contributed by atoms with Gasteiger partial charge in [0.1, 0.15) is 0 Å². The molecule has 0 bridgehead atoms. The Morgan fingerprint density at radius 1 is 0.962 bits per heavy atom. The van der Waals surface area contributed by atoms with E-state index in [1.165, 1.54) is 16.7 Å². The van der Waals surface area contributed by atoms with Gasteiger partial charge in [-0.3, -0.25) is 4.79 Å². The molecule has 1 saturated carbocycles. The lowest BCUT2D eigenvalue weighted by molar-refractivity contribution is 0.0934. The van der Waals surface area contributed by atoms with E-state index in [9.17, 15) is 4.79 Å². The standard InChI is InChI=1S/C22H18N2O2/c25-21-15-7-4-8-16-19(15)22(11-17(22)24-21)18(14-9-10-26-12-14)20(23-16)13-5-2-1-3-6-13/h1-10,12,17-18,20,23H,11H2,(H,24,25). The molecule has 1 fully saturated rings. The van der Waals surface area contributed by atoms with Crippen molar-refractivity contribution in [2.24, 2.45) is 0 Å². The van der Waals surface area contributed by atoms with Crippen LogP contribution < -0.4 is 10.6 Å². The SMILES string of the molecule is O=C1NC2CC23c2c(cccc21)NC(c1ccccc1)C3c1ccoc1. The number of anilines is 1. The van der Waals surface area contributed by atoms with Crippen LogP contribution in [0, 0.1) is 0 Å². The van der Waals surface area contributed by atoms with Crippen molar-refractivity contribution in [3.05, 3.63) is 89.4 Å². The second kappa shape index (κ2) is 4.79. The number of nitrogens with one attached hydrogen (secondary N) is 2. The lowest BCUT2D eigenvalue weighted by Crippen LogP contribution is -2.46. The van der Waals surface area contributed by atoms with E-state index in [0.717, 1.165) is 17.7 Å². The molecule has 2 aliphatic heterocycles. The summed E-state index contributed by atoms with van der Waals surface area (Å²) in [5, 5.41) is 6.97. The van der Waals surface area contributed by atoms with Crippen molar-refractivity contribution in [2.75, 3.05) is 5.32 Å². The number of hydrogen-bond acceptors (Lipinski definition) is 3. The minimum absolute atomic E-state index is 0.0471. The van der Waals surface area contributed by atoms with Crippen molar-refractivity contribution in [2.45, 2.75) is 29.8 Å². The molecule has 1 aromatic heterocycles. The van der Waals surface area contributed by atoms with Gasteiger partial charge in [-0.1, -0.05) is 36.4 Å². The van der Waals surface area contributed by atoms with Gasteiger partial charge in [0.05, 0.1) is 18.6 Å². The third-order valence-electron chi connectivity index (χ3n) is 6.34. The molecule has 4 atom stereocenters. The Hall–Kier alpha value is -3.01. The quantitative estimate of drug-likeness (QED) is 0.740. The first-order chi connectivity index (χ1) is 12.8. The molecule has 128 valence electrons. The normalized spacial score (nSPS) is 30.6. The third-order valence-corrected chi connectivity index (χ3v) is 6.34. The van der Waals surface area contributed by atoms with Crippen LogP contribution in [0.3, 0.4) is 0 Å². The molecular weight excluding hydrogens is 324 g/mol. The van der Waals surface area contributed by atoms with Crippen LogP contribution in [0.5, 0.6) is 0 Å². The Balaban J connectivity index is 1.62. The monoisotopic (exact) mass is 342 g/mol. The molecule has 6 rings (SSSR count). The maximum atomic E-state index is 12.5. The van der Waals surface area contributed by atoms with Crippen molar-refractivity contribution in [1.29, 1.82) is 0 Å². The van der Waals surface area contributed by atoms with E-state index in [1.54, 1.807) is 6.26 Å². The average Bonchev–Trinajstić information content (AvgIpc) is 3.12. The fraction of sp³-hybridized carbons (Fsp3) is 0.227. The molecule has 4 nitrogen and oxygen atoms in total. The predicted octanol–water partition coefficient (Wildman–Crippen LogP) is 3.98. The third kappa shape index (κ3) is 1.66. The summed E-state index contributed by atoms with van der Waals surface area (Å²) in [6, 6.07) is 19.0. The molecule has 3 aromatic rings. The molecule has 26 heavy (non-hydrogen) atoms. The first-order valence-corrected chi connectivity index (χ1v) is 9.07. The van der Waals surface area contributed by atoms with Crippen molar-refractivity contribution in [3.63, 3.8) is 0 Å². The summed E-state index contributed by atoms with van der Waals surface area (Å²) in [5.41, 5.74) is 5.47. The summed E-state index contributed by atoms with van der Waals surface area (Å²) in [7, 11) is 0. The van der Waals surface area contributed by atoms with E-state index in [1.807, 2.05) is 24.5 Å². The van der Waals surface area contributed by atoms with Crippen molar-refractivity contribution in [1.82, 2.24) is 5.32 Å². The van der Waals surface area contributed by atoms with Crippen LogP contribution in [0.1, 0.15) is 45.4 Å². The topological polar surface area (TPSA) is 54.3 Å². The summed E-state index contributed by atoms with van der Waals surface area (Å²) in [6.07, 6.45) is 4.58. The van der Waals surface area contributed by atoms with E-state index in [0.29, 0.717) is 0 Å². The molecule has 2 N–H and O–H groups in total. The highest BCUT2D eigenvalue weighted by molar-refractivity contribution is 6.01. The number of benzene rings is 2. The lowest BCUT2D eigenvalue weighted by Gasteiger charge is -2.44. The Morgan fingerprint density at radius 3 is 2.65 bits per heavy atom. The Morgan fingerprint density at radius 2 is 1.85 bits per heavy atom. The first kappa shape index (κ1) is 14.2. The number of furan rings is 1. The van der Waals surface area contributed by atoms with E-state index in [4.69, 9.17) is 4.42 Å². The van der Waals surface area contributed by atoms with Crippen LogP contribution in [-0.4, -0.2) is 11.9 Å². The number of rotatable bonds is 2. The molecule has 4 unspecified atom stereocenters. The minimum Gasteiger partial charge on any atom is -0.472 e. The molecule has 2 aromatic carbocycles. The second-order valence-electron chi connectivity index (χ2n) is 7.57. The number of carbonyl (C=O) groups is 1. The van der Waals surface area contributed by atoms with Gasteiger partial charge in [0.15, 0.2) is 0 Å². The number of carbonyl (C=O) groups excluding carboxylic acids is 1. The fourth-order valence-corrected chi connectivity index (χ4v) is 5.26. The van der Waals surface area contributed by atoms with Crippen molar-refractivity contribution < 1.29 is 9.21 Å². The van der Waals surface area contributed by atoms with Gasteiger partial charge < -0.3 is 15.1 Å². The highest BCUT2D eigenvalue weighted by Gasteiger charge is 2.68. The van der Waals surface area contributed by atoms with E-state index >= 15 is 0 Å². The Bertz CT molecular complexity index is 1010. The zero-order valence-electron chi connectivity index (χ0n) is 14.1. The molecule has 1 aliphatic carbocycles. The summed E-state index contributed by atoms with van der Waals surface area (Å²) >= 11 is 0. The van der Waals surface area contributed by atoms with Crippen LogP contribution in [0.15, 0.2) is 71.5 Å². The maximum absolute atomic E-state index is 12.5. The van der Waals surface area contributed by atoms with Crippen LogP contribution in [0.4, 0.5) is 5.69 Å². The Labute approximate surface area is 151 Å². The zero-order valence-corrected chi connectivity index (χ0v) is 14.1. The molecule has 3 heterocycles. The second-order valence-corrected chi connectivity index (χ2v) is 7.57. The summed E-state index contributed by atoms with van der Waals surface area (Å²) in [4.78, 5) is 12.5. The molecule has 3 aliphatic rings. The molecule has 1 spiro atoms. The van der Waals surface area contributed by atoms with E-state index in [2.05, 4.69) is 47.0 Å². The van der Waals surface area contributed by atoms with Gasteiger partial charge in [0.2, 0.25) is 0 Å². The maximum Gasteiger partial charge on any atom is 0.251 e. The Kier molecular flexibility index (Phi) is 2.61. The van der Waals surface area contributed by atoms with Crippen LogP contribution in [0.2, 0.25) is 0 Å². The zero-order chi connectivity index (χ0) is 17.3. The predicted molar refractivity (Wildman–Crippen MR) is 98.2 cm³/mol. The first-order valence-electron chi connectivity index (χ1n) is 9.07. The van der Waals surface area contributed by atoms with Crippen LogP contribution >= 0.6 is 0 Å². The van der Waals surface area contributed by atoms with E-state index in [-0.39, 0.29) is 29.3 Å². The van der Waals surface area contributed by atoms with Crippen molar-refractivity contribution in [3.8, 4) is 0 Å². The number of hydrogen-bond donors (Lipinski definition) is 2. The highest BCUT2D eigenvalue weighted by Crippen LogP contribution is 2.67. The summed E-state index contributed by atoms with van der Waals surface area (Å²) < 4.78 is 5.45. The summed E-state index contributed by atoms with van der Waals surface area (Å²) in [6.45, 7) is 0. The van der Waals surface area contributed by atoms with Gasteiger partial charge in [-0.15, -0.1) is 0 Å². The van der Waals surface area contributed by atoms with Crippen LogP contribution in [0.25, 0.3) is 0 Å². The van der Waals surface area contributed by atoms with Gasteiger partial charge in [0, 0.05) is 28.6 Å². The van der Waals surface area contributed by atoms with E-state index < -0.39 is 0 Å². The fourth-order valence-electron chi connectivity index (χ4n) is 5.26. The number of amides is 1. The van der Waals surface area contributed by atoms with Gasteiger partial charge in [-0.05, 0) is 41.3 Å². The molecule has 1 amide bonds. The van der Waals surface area contributed by atoms with Gasteiger partial charge in [0.25, 0.3) is 5.91 Å². The van der Waals surface area contributed by atoms with Gasteiger partial charge in [-0.25, -0.2) is 0 Å². The van der Waals surface area contributed by atoms with Gasteiger partial charge >= 0.3 is 0 Å². The lowest BCUT2D eigenvalue weighted by atomic mass is 9.67. The average molecular weight is 342 g/mol. The minimum atomic E-state index is -0.0601. The van der Waals surface area contributed by atoms with Crippen LogP contribution in [-0.2, 0) is 5.41 Å². The molecular formula is C22H18N2O2.